The van der Waals surface area contributed by atoms with Crippen LogP contribution in [-0.2, 0) is 4.74 Å². The van der Waals surface area contributed by atoms with Crippen molar-refractivity contribution in [3.05, 3.63) is 64.1 Å². The first-order chi connectivity index (χ1) is 12.1. The van der Waals surface area contributed by atoms with Crippen LogP contribution in [0.3, 0.4) is 0 Å². The molecule has 1 aliphatic rings. The van der Waals surface area contributed by atoms with Crippen LogP contribution in [0.25, 0.3) is 0 Å². The summed E-state index contributed by atoms with van der Waals surface area (Å²) < 4.78 is 12.7. The minimum Gasteiger partial charge on any atom is -0.491 e. The van der Waals surface area contributed by atoms with Gasteiger partial charge < -0.3 is 14.6 Å². The van der Waals surface area contributed by atoms with Gasteiger partial charge in [-0.25, -0.2) is 0 Å². The summed E-state index contributed by atoms with van der Waals surface area (Å²) in [6, 6.07) is 16.1. The third-order valence-electron chi connectivity index (χ3n) is 4.27. The van der Waals surface area contributed by atoms with Crippen LogP contribution >= 0.6 is 28.3 Å². The summed E-state index contributed by atoms with van der Waals surface area (Å²) in [6.45, 7) is 5.17. The maximum absolute atomic E-state index is 10.3. The van der Waals surface area contributed by atoms with Gasteiger partial charge >= 0.3 is 0 Å². The molecule has 0 spiro atoms. The van der Waals surface area contributed by atoms with E-state index in [0.29, 0.717) is 19.8 Å². The first kappa shape index (κ1) is 21.2. The van der Waals surface area contributed by atoms with Gasteiger partial charge in [0.1, 0.15) is 18.5 Å². The Kier molecular flexibility index (Phi) is 8.38. The van der Waals surface area contributed by atoms with E-state index in [1.807, 2.05) is 43.3 Å². The molecule has 1 heterocycles. The molecule has 1 aliphatic heterocycles. The molecule has 0 amide bonds. The fraction of sp³-hybridized carbons (Fsp3) is 0.400. The minimum atomic E-state index is -0.526. The van der Waals surface area contributed by atoms with Crippen molar-refractivity contribution in [1.82, 2.24) is 4.90 Å². The highest BCUT2D eigenvalue weighted by molar-refractivity contribution is 9.10. The van der Waals surface area contributed by atoms with Crippen molar-refractivity contribution in [1.29, 1.82) is 0 Å². The van der Waals surface area contributed by atoms with Crippen LogP contribution in [0.15, 0.2) is 53.0 Å². The number of β-amino-alcohol motifs (C(OH)–C–C–N with tert-alkyl or cyclic N) is 1. The molecule has 0 bridgehead atoms. The van der Waals surface area contributed by atoms with Gasteiger partial charge in [0.2, 0.25) is 0 Å². The summed E-state index contributed by atoms with van der Waals surface area (Å²) in [5.41, 5.74) is 2.31. The van der Waals surface area contributed by atoms with Gasteiger partial charge in [-0.15, -0.1) is 12.4 Å². The van der Waals surface area contributed by atoms with E-state index < -0.39 is 6.10 Å². The number of hydrogen-bond donors (Lipinski definition) is 1. The van der Waals surface area contributed by atoms with Crippen LogP contribution in [0.5, 0.6) is 5.75 Å². The number of aryl methyl sites for hydroxylation is 1. The molecular weight excluding hydrogens is 418 g/mol. The number of rotatable bonds is 6. The average Bonchev–Trinajstić information content (AvgIpc) is 2.60. The van der Waals surface area contributed by atoms with Gasteiger partial charge in [0.25, 0.3) is 0 Å². The van der Waals surface area contributed by atoms with Crippen LogP contribution in [-0.4, -0.2) is 49.0 Å². The number of nitrogens with zero attached hydrogens (tertiary/aromatic N) is 1. The normalized spacial score (nSPS) is 18.8. The first-order valence-corrected chi connectivity index (χ1v) is 9.36. The van der Waals surface area contributed by atoms with E-state index in [-0.39, 0.29) is 18.5 Å². The van der Waals surface area contributed by atoms with E-state index in [2.05, 4.69) is 33.0 Å². The maximum atomic E-state index is 10.3. The van der Waals surface area contributed by atoms with Crippen LogP contribution in [0.4, 0.5) is 0 Å². The molecule has 1 fully saturated rings. The van der Waals surface area contributed by atoms with E-state index in [1.54, 1.807) is 0 Å². The molecule has 0 aliphatic carbocycles. The molecule has 2 aromatic carbocycles. The summed E-state index contributed by atoms with van der Waals surface area (Å²) >= 11 is 3.51. The summed E-state index contributed by atoms with van der Waals surface area (Å²) in [5, 5.41) is 10.3. The molecule has 2 unspecified atom stereocenters. The fourth-order valence-corrected chi connectivity index (χ4v) is 3.44. The third-order valence-corrected chi connectivity index (χ3v) is 4.77. The lowest BCUT2D eigenvalue weighted by atomic mass is 10.1. The minimum absolute atomic E-state index is 0. The zero-order chi connectivity index (χ0) is 17.6. The van der Waals surface area contributed by atoms with Crippen molar-refractivity contribution in [2.45, 2.75) is 19.1 Å². The van der Waals surface area contributed by atoms with E-state index in [0.717, 1.165) is 34.4 Å². The second-order valence-electron chi connectivity index (χ2n) is 6.46. The molecule has 1 saturated heterocycles. The number of halogens is 2. The van der Waals surface area contributed by atoms with Gasteiger partial charge in [-0.1, -0.05) is 40.2 Å². The Morgan fingerprint density at radius 1 is 1.27 bits per heavy atom. The van der Waals surface area contributed by atoms with E-state index in [1.165, 1.54) is 0 Å². The van der Waals surface area contributed by atoms with Gasteiger partial charge in [-0.05, 0) is 42.3 Å². The Balaban J connectivity index is 0.00000243. The highest BCUT2D eigenvalue weighted by atomic mass is 79.9. The number of morpholine rings is 1. The molecule has 0 aromatic heterocycles. The molecule has 0 saturated carbocycles. The highest BCUT2D eigenvalue weighted by Gasteiger charge is 2.23. The van der Waals surface area contributed by atoms with Crippen molar-refractivity contribution in [3.63, 3.8) is 0 Å². The Bertz CT molecular complexity index is 700. The first-order valence-electron chi connectivity index (χ1n) is 8.57. The maximum Gasteiger partial charge on any atom is 0.119 e. The van der Waals surface area contributed by atoms with Crippen molar-refractivity contribution < 1.29 is 14.6 Å². The number of aliphatic hydroxyl groups excluding tert-OH is 1. The van der Waals surface area contributed by atoms with E-state index >= 15 is 0 Å². The van der Waals surface area contributed by atoms with Crippen molar-refractivity contribution >= 4 is 28.3 Å². The zero-order valence-corrected chi connectivity index (χ0v) is 17.2. The molecule has 3 rings (SSSR count). The van der Waals surface area contributed by atoms with Crippen LogP contribution < -0.4 is 4.74 Å². The number of hydrogen-bond acceptors (Lipinski definition) is 4. The van der Waals surface area contributed by atoms with Crippen LogP contribution in [0, 0.1) is 6.92 Å². The number of aliphatic hydroxyl groups is 1. The SMILES string of the molecule is Cc1cccc(OCC(O)CN2CCOC(c3cccc(Br)c3)C2)c1.Cl. The van der Waals surface area contributed by atoms with Gasteiger partial charge in [-0.3, -0.25) is 4.90 Å². The lowest BCUT2D eigenvalue weighted by Gasteiger charge is -2.34. The Morgan fingerprint density at radius 2 is 2.08 bits per heavy atom. The summed E-state index contributed by atoms with van der Waals surface area (Å²) in [4.78, 5) is 2.24. The molecule has 26 heavy (non-hydrogen) atoms. The Morgan fingerprint density at radius 3 is 2.85 bits per heavy atom. The summed E-state index contributed by atoms with van der Waals surface area (Å²) in [7, 11) is 0. The molecule has 142 valence electrons. The molecule has 2 aromatic rings. The number of ether oxygens (including phenoxy) is 2. The topological polar surface area (TPSA) is 41.9 Å². The zero-order valence-electron chi connectivity index (χ0n) is 14.8. The molecule has 4 nitrogen and oxygen atoms in total. The van der Waals surface area contributed by atoms with Gasteiger partial charge in [0.05, 0.1) is 12.7 Å². The monoisotopic (exact) mass is 441 g/mol. The van der Waals surface area contributed by atoms with Crippen molar-refractivity contribution in [3.8, 4) is 5.75 Å². The summed E-state index contributed by atoms with van der Waals surface area (Å²) in [6.07, 6.45) is -0.488. The molecule has 0 radical (unpaired) electrons. The molecular formula is C20H25BrClNO3. The van der Waals surface area contributed by atoms with Crippen LogP contribution in [0.1, 0.15) is 17.2 Å². The Hall–Kier alpha value is -1.11. The Labute approximate surface area is 169 Å². The van der Waals surface area contributed by atoms with Gasteiger partial charge in [0, 0.05) is 24.1 Å². The fourth-order valence-electron chi connectivity index (χ4n) is 3.03. The number of benzene rings is 2. The van der Waals surface area contributed by atoms with Crippen molar-refractivity contribution in [2.75, 3.05) is 32.8 Å². The quantitative estimate of drug-likeness (QED) is 0.734. The van der Waals surface area contributed by atoms with Crippen LogP contribution in [0.2, 0.25) is 0 Å². The molecule has 2 atom stereocenters. The average molecular weight is 443 g/mol. The van der Waals surface area contributed by atoms with E-state index in [4.69, 9.17) is 9.47 Å². The van der Waals surface area contributed by atoms with Gasteiger partial charge in [0.15, 0.2) is 0 Å². The standard InChI is InChI=1S/C20H24BrNO3.ClH/c1-15-4-2-7-19(10-15)25-14-18(23)12-22-8-9-24-20(13-22)16-5-3-6-17(21)11-16;/h2-7,10-11,18,20,23H,8-9,12-14H2,1H3;1H. The van der Waals surface area contributed by atoms with Gasteiger partial charge in [-0.2, -0.15) is 0 Å². The smallest absolute Gasteiger partial charge is 0.119 e. The predicted molar refractivity (Wildman–Crippen MR) is 109 cm³/mol. The largest absolute Gasteiger partial charge is 0.491 e. The second kappa shape index (κ2) is 10.3. The lowest BCUT2D eigenvalue weighted by molar-refractivity contribution is -0.0459. The third kappa shape index (κ3) is 6.25. The highest BCUT2D eigenvalue weighted by Crippen LogP contribution is 2.24. The second-order valence-corrected chi connectivity index (χ2v) is 7.37. The summed E-state index contributed by atoms with van der Waals surface area (Å²) in [5.74, 6) is 0.799. The predicted octanol–water partition coefficient (Wildman–Crippen LogP) is 3.99. The van der Waals surface area contributed by atoms with Crippen molar-refractivity contribution in [2.24, 2.45) is 0 Å². The lowest BCUT2D eigenvalue weighted by Crippen LogP contribution is -2.43. The molecule has 1 N–H and O–H groups in total. The molecule has 6 heteroatoms. The van der Waals surface area contributed by atoms with E-state index in [9.17, 15) is 5.11 Å².